The Morgan fingerprint density at radius 2 is 1.43 bits per heavy atom. The molecule has 1 fully saturated rings. The lowest BCUT2D eigenvalue weighted by Gasteiger charge is -2.37. The van der Waals surface area contributed by atoms with Crippen molar-refractivity contribution in [2.24, 2.45) is 0 Å². The van der Waals surface area contributed by atoms with Gasteiger partial charge in [0.05, 0.1) is 0 Å². The van der Waals surface area contributed by atoms with E-state index in [-0.39, 0.29) is 0 Å². The van der Waals surface area contributed by atoms with Crippen molar-refractivity contribution in [2.45, 2.75) is 18.4 Å². The summed E-state index contributed by atoms with van der Waals surface area (Å²) in [6, 6.07) is 18.2. The van der Waals surface area contributed by atoms with Crippen LogP contribution < -0.4 is 5.32 Å². The first-order chi connectivity index (χ1) is 11.2. The van der Waals surface area contributed by atoms with Crippen LogP contribution in [0.5, 0.6) is 0 Å². The Balaban J connectivity index is 1.84. The van der Waals surface area contributed by atoms with E-state index < -0.39 is 17.4 Å². The zero-order chi connectivity index (χ0) is 16.1. The molecule has 1 aliphatic rings. The number of ketones is 1. The fraction of sp³-hybridized carbons (Fsp3) is 0.263. The van der Waals surface area contributed by atoms with Gasteiger partial charge in [-0.05, 0) is 18.7 Å². The lowest BCUT2D eigenvalue weighted by Crippen LogP contribution is -2.44. The number of carbonyl (C=O) groups is 2. The highest BCUT2D eigenvalue weighted by molar-refractivity contribution is 6.40. The number of hydrogen-bond donors (Lipinski definition) is 1. The molecule has 0 saturated carbocycles. The van der Waals surface area contributed by atoms with Gasteiger partial charge in [-0.1, -0.05) is 60.7 Å². The molecule has 0 aromatic heterocycles. The summed E-state index contributed by atoms with van der Waals surface area (Å²) < 4.78 is 5.75. The van der Waals surface area contributed by atoms with Crippen LogP contribution in [0.25, 0.3) is 0 Å². The van der Waals surface area contributed by atoms with E-state index in [1.165, 1.54) is 0 Å². The molecule has 4 nitrogen and oxygen atoms in total. The number of ether oxygens (including phenoxy) is 1. The SMILES string of the molecule is O=C(OC1(c2ccccc2)CCNCC1)C(=O)c1ccccc1. The summed E-state index contributed by atoms with van der Waals surface area (Å²) in [5, 5.41) is 3.27. The van der Waals surface area contributed by atoms with Crippen LogP contribution in [0.2, 0.25) is 0 Å². The maximum Gasteiger partial charge on any atom is 0.380 e. The standard InChI is InChI=1S/C19H19NO3/c21-17(15-7-3-1-4-8-15)18(22)23-19(11-13-20-14-12-19)16-9-5-2-6-10-16/h1-10,20H,11-14H2. The number of benzene rings is 2. The first kappa shape index (κ1) is 15.4. The largest absolute Gasteiger partial charge is 0.448 e. The number of carbonyl (C=O) groups excluding carboxylic acids is 2. The second-order valence-electron chi connectivity index (χ2n) is 5.69. The van der Waals surface area contributed by atoms with E-state index in [1.54, 1.807) is 30.3 Å². The summed E-state index contributed by atoms with van der Waals surface area (Å²) in [5.74, 6) is -1.39. The van der Waals surface area contributed by atoms with Crippen molar-refractivity contribution >= 4 is 11.8 Å². The molecule has 4 heteroatoms. The van der Waals surface area contributed by atoms with Gasteiger partial charge in [-0.3, -0.25) is 4.79 Å². The molecule has 2 aromatic rings. The highest BCUT2D eigenvalue weighted by Gasteiger charge is 2.39. The number of hydrogen-bond acceptors (Lipinski definition) is 4. The number of rotatable bonds is 4. The molecule has 0 bridgehead atoms. The predicted octanol–water partition coefficient (Wildman–Crippen LogP) is 2.69. The second-order valence-corrected chi connectivity index (χ2v) is 5.69. The van der Waals surface area contributed by atoms with E-state index in [4.69, 9.17) is 4.74 Å². The number of nitrogens with one attached hydrogen (secondary N) is 1. The monoisotopic (exact) mass is 309 g/mol. The van der Waals surface area contributed by atoms with E-state index in [1.807, 2.05) is 30.3 Å². The van der Waals surface area contributed by atoms with E-state index >= 15 is 0 Å². The van der Waals surface area contributed by atoms with E-state index in [9.17, 15) is 9.59 Å². The van der Waals surface area contributed by atoms with Gasteiger partial charge in [0.2, 0.25) is 0 Å². The normalized spacial score (nSPS) is 16.5. The maximum atomic E-state index is 12.4. The van der Waals surface area contributed by atoms with Gasteiger partial charge in [0.15, 0.2) is 0 Å². The fourth-order valence-electron chi connectivity index (χ4n) is 2.95. The summed E-state index contributed by atoms with van der Waals surface area (Å²) in [4.78, 5) is 24.7. The Morgan fingerprint density at radius 1 is 0.870 bits per heavy atom. The van der Waals surface area contributed by atoms with Crippen molar-refractivity contribution in [2.75, 3.05) is 13.1 Å². The Morgan fingerprint density at radius 3 is 2.04 bits per heavy atom. The Bertz CT molecular complexity index is 676. The maximum absolute atomic E-state index is 12.4. The van der Waals surface area contributed by atoms with Crippen molar-refractivity contribution < 1.29 is 14.3 Å². The average molecular weight is 309 g/mol. The second kappa shape index (κ2) is 6.75. The third kappa shape index (κ3) is 3.32. The molecular weight excluding hydrogens is 290 g/mol. The molecule has 23 heavy (non-hydrogen) atoms. The minimum Gasteiger partial charge on any atom is -0.448 e. The van der Waals surface area contributed by atoms with Crippen LogP contribution in [0.3, 0.4) is 0 Å². The van der Waals surface area contributed by atoms with Gasteiger partial charge < -0.3 is 10.1 Å². The zero-order valence-electron chi connectivity index (χ0n) is 12.8. The minimum absolute atomic E-state index is 0.356. The van der Waals surface area contributed by atoms with Gasteiger partial charge in [0.1, 0.15) is 5.60 Å². The molecular formula is C19H19NO3. The van der Waals surface area contributed by atoms with Crippen molar-refractivity contribution in [3.63, 3.8) is 0 Å². The summed E-state index contributed by atoms with van der Waals surface area (Å²) in [5.41, 5.74) is 0.568. The summed E-state index contributed by atoms with van der Waals surface area (Å²) >= 11 is 0. The number of Topliss-reactive ketones (excluding diaryl/α,β-unsaturated/α-hetero) is 1. The quantitative estimate of drug-likeness (QED) is 0.536. The van der Waals surface area contributed by atoms with E-state index in [0.717, 1.165) is 18.7 Å². The summed E-state index contributed by atoms with van der Waals surface area (Å²) in [6.07, 6.45) is 1.32. The Kier molecular flexibility index (Phi) is 4.53. The van der Waals surface area contributed by atoms with Crippen LogP contribution in [-0.2, 0) is 15.1 Å². The van der Waals surface area contributed by atoms with Gasteiger partial charge in [-0.25, -0.2) is 4.79 Å². The third-order valence-corrected chi connectivity index (χ3v) is 4.22. The van der Waals surface area contributed by atoms with Crippen LogP contribution in [0.15, 0.2) is 60.7 Å². The zero-order valence-corrected chi connectivity index (χ0v) is 12.8. The fourth-order valence-corrected chi connectivity index (χ4v) is 2.95. The summed E-state index contributed by atoms with van der Waals surface area (Å²) in [7, 11) is 0. The van der Waals surface area contributed by atoms with Crippen LogP contribution in [0.4, 0.5) is 0 Å². The molecule has 1 N–H and O–H groups in total. The highest BCUT2D eigenvalue weighted by atomic mass is 16.6. The van der Waals surface area contributed by atoms with Gasteiger partial charge in [0.25, 0.3) is 5.78 Å². The average Bonchev–Trinajstić information content (AvgIpc) is 2.63. The van der Waals surface area contributed by atoms with Crippen molar-refractivity contribution in [1.82, 2.24) is 5.32 Å². The van der Waals surface area contributed by atoms with Crippen molar-refractivity contribution in [1.29, 1.82) is 0 Å². The molecule has 2 aromatic carbocycles. The lowest BCUT2D eigenvalue weighted by molar-refractivity contribution is -0.158. The molecule has 0 spiro atoms. The van der Waals surface area contributed by atoms with Crippen LogP contribution in [0.1, 0.15) is 28.8 Å². The first-order valence-electron chi connectivity index (χ1n) is 7.80. The van der Waals surface area contributed by atoms with Gasteiger partial charge in [0, 0.05) is 18.4 Å². The van der Waals surface area contributed by atoms with Crippen LogP contribution in [0, 0.1) is 0 Å². The molecule has 118 valence electrons. The molecule has 3 rings (SSSR count). The molecule has 0 amide bonds. The highest BCUT2D eigenvalue weighted by Crippen LogP contribution is 2.35. The van der Waals surface area contributed by atoms with E-state index in [2.05, 4.69) is 5.32 Å². The molecule has 1 heterocycles. The molecule has 0 radical (unpaired) electrons. The summed E-state index contributed by atoms with van der Waals surface area (Å²) in [6.45, 7) is 1.50. The minimum atomic E-state index is -0.790. The number of esters is 1. The first-order valence-corrected chi connectivity index (χ1v) is 7.80. The third-order valence-electron chi connectivity index (χ3n) is 4.22. The molecule has 0 aliphatic carbocycles. The van der Waals surface area contributed by atoms with Crippen LogP contribution >= 0.6 is 0 Å². The topological polar surface area (TPSA) is 55.4 Å². The smallest absolute Gasteiger partial charge is 0.380 e. The van der Waals surface area contributed by atoms with Gasteiger partial charge in [-0.2, -0.15) is 0 Å². The molecule has 1 saturated heterocycles. The Labute approximate surface area is 135 Å². The number of piperidine rings is 1. The molecule has 0 unspecified atom stereocenters. The van der Waals surface area contributed by atoms with E-state index in [0.29, 0.717) is 18.4 Å². The van der Waals surface area contributed by atoms with Gasteiger partial charge >= 0.3 is 5.97 Å². The Hall–Kier alpha value is -2.46. The van der Waals surface area contributed by atoms with Gasteiger partial charge in [-0.15, -0.1) is 0 Å². The van der Waals surface area contributed by atoms with Crippen LogP contribution in [-0.4, -0.2) is 24.8 Å². The van der Waals surface area contributed by atoms with Crippen molar-refractivity contribution in [3.8, 4) is 0 Å². The lowest BCUT2D eigenvalue weighted by atomic mass is 9.84. The molecule has 0 atom stereocenters. The predicted molar refractivity (Wildman–Crippen MR) is 87.1 cm³/mol. The van der Waals surface area contributed by atoms with Crippen molar-refractivity contribution in [3.05, 3.63) is 71.8 Å². The molecule has 1 aliphatic heterocycles.